The number of aliphatic hydroxyl groups is 1. The third kappa shape index (κ3) is 3.25. The van der Waals surface area contributed by atoms with Crippen LogP contribution in [0.4, 0.5) is 0 Å². The first-order chi connectivity index (χ1) is 9.74. The van der Waals surface area contributed by atoms with Crippen molar-refractivity contribution in [3.05, 3.63) is 33.8 Å². The second-order valence-corrected chi connectivity index (χ2v) is 6.59. The van der Waals surface area contributed by atoms with Crippen LogP contribution in [-0.2, 0) is 0 Å². The molecule has 0 aromatic heterocycles. The van der Waals surface area contributed by atoms with Crippen LogP contribution in [-0.4, -0.2) is 42.9 Å². The number of hydrogen-bond donors (Lipinski definition) is 1. The lowest BCUT2D eigenvalue weighted by Crippen LogP contribution is -2.36. The number of benzene rings is 1. The molecule has 1 fully saturated rings. The van der Waals surface area contributed by atoms with Crippen molar-refractivity contribution < 1.29 is 9.84 Å². The highest BCUT2D eigenvalue weighted by Crippen LogP contribution is 2.29. The van der Waals surface area contributed by atoms with Gasteiger partial charge in [0.05, 0.1) is 0 Å². The van der Waals surface area contributed by atoms with Crippen LogP contribution >= 0.6 is 15.9 Å². The van der Waals surface area contributed by atoms with Crippen LogP contribution < -0.4 is 4.74 Å². The van der Waals surface area contributed by atoms with E-state index in [4.69, 9.17) is 4.74 Å². The molecule has 0 spiro atoms. The van der Waals surface area contributed by atoms with E-state index in [-0.39, 0.29) is 0 Å². The van der Waals surface area contributed by atoms with Gasteiger partial charge in [0.2, 0.25) is 0 Å². The van der Waals surface area contributed by atoms with Crippen molar-refractivity contribution in [1.82, 2.24) is 4.90 Å². The van der Waals surface area contributed by atoms with Gasteiger partial charge in [0, 0.05) is 23.2 Å². The molecule has 0 unspecified atom stereocenters. The van der Waals surface area contributed by atoms with Gasteiger partial charge in [-0.25, -0.2) is 0 Å². The summed E-state index contributed by atoms with van der Waals surface area (Å²) in [5, 5.41) is 9.18. The van der Waals surface area contributed by atoms with Crippen LogP contribution in [0.25, 0.3) is 6.08 Å². The summed E-state index contributed by atoms with van der Waals surface area (Å²) in [5.74, 6) is 1.47. The summed E-state index contributed by atoms with van der Waals surface area (Å²) in [7, 11) is 0. The number of nitrogens with zero attached hydrogens (tertiary/aromatic N) is 1. The molecule has 108 valence electrons. The monoisotopic (exact) mass is 337 g/mol. The smallest absolute Gasteiger partial charge is 0.127 e. The summed E-state index contributed by atoms with van der Waals surface area (Å²) in [6.07, 6.45) is 4.46. The molecule has 1 aromatic rings. The van der Waals surface area contributed by atoms with Crippen molar-refractivity contribution in [2.75, 3.05) is 32.8 Å². The van der Waals surface area contributed by atoms with Gasteiger partial charge in [0.25, 0.3) is 0 Å². The standard InChI is InChI=1S/C16H20BrNO2/c17-15-1-2-16-14(8-15)7-13(11-20-16)9-18-5-3-12(10-19)4-6-18/h1-2,7-8,12,19H,3-6,9-11H2. The summed E-state index contributed by atoms with van der Waals surface area (Å²) in [6.45, 7) is 4.15. The SMILES string of the molecule is OCC1CCN(CC2=Cc3cc(Br)ccc3OC2)CC1. The molecule has 1 aromatic carbocycles. The topological polar surface area (TPSA) is 32.7 Å². The Kier molecular flexibility index (Phi) is 4.44. The van der Waals surface area contributed by atoms with E-state index in [0.717, 1.165) is 48.3 Å². The van der Waals surface area contributed by atoms with Crippen LogP contribution in [0.1, 0.15) is 18.4 Å². The Balaban J connectivity index is 1.64. The molecule has 2 aliphatic heterocycles. The van der Waals surface area contributed by atoms with Gasteiger partial charge in [0.1, 0.15) is 12.4 Å². The van der Waals surface area contributed by atoms with Crippen molar-refractivity contribution in [1.29, 1.82) is 0 Å². The molecule has 4 heteroatoms. The van der Waals surface area contributed by atoms with E-state index in [1.807, 2.05) is 12.1 Å². The lowest BCUT2D eigenvalue weighted by Gasteiger charge is -2.32. The number of likely N-dealkylation sites (tertiary alicyclic amines) is 1. The highest BCUT2D eigenvalue weighted by molar-refractivity contribution is 9.10. The number of aliphatic hydroxyl groups excluding tert-OH is 1. The molecule has 0 atom stereocenters. The van der Waals surface area contributed by atoms with Crippen molar-refractivity contribution >= 4 is 22.0 Å². The van der Waals surface area contributed by atoms with Crippen LogP contribution in [0.3, 0.4) is 0 Å². The number of rotatable bonds is 3. The molecular weight excluding hydrogens is 318 g/mol. The molecule has 3 nitrogen and oxygen atoms in total. The molecule has 0 amide bonds. The summed E-state index contributed by atoms with van der Waals surface area (Å²) < 4.78 is 6.90. The van der Waals surface area contributed by atoms with Gasteiger partial charge in [-0.2, -0.15) is 0 Å². The van der Waals surface area contributed by atoms with E-state index in [1.165, 1.54) is 5.57 Å². The normalized spacial score (nSPS) is 20.2. The first kappa shape index (κ1) is 14.1. The Morgan fingerprint density at radius 3 is 2.85 bits per heavy atom. The molecule has 2 aliphatic rings. The molecule has 1 saturated heterocycles. The quantitative estimate of drug-likeness (QED) is 0.920. The van der Waals surface area contributed by atoms with Crippen LogP contribution in [0.15, 0.2) is 28.2 Å². The molecule has 2 heterocycles. The van der Waals surface area contributed by atoms with Gasteiger partial charge < -0.3 is 9.84 Å². The van der Waals surface area contributed by atoms with Crippen molar-refractivity contribution in [2.24, 2.45) is 5.92 Å². The summed E-state index contributed by atoms with van der Waals surface area (Å²) in [6, 6.07) is 6.13. The molecule has 20 heavy (non-hydrogen) atoms. The Hall–Kier alpha value is -0.840. The van der Waals surface area contributed by atoms with E-state index >= 15 is 0 Å². The molecule has 0 bridgehead atoms. The van der Waals surface area contributed by atoms with E-state index in [2.05, 4.69) is 33.0 Å². The van der Waals surface area contributed by atoms with Gasteiger partial charge in [0.15, 0.2) is 0 Å². The lowest BCUT2D eigenvalue weighted by molar-refractivity contribution is 0.136. The Morgan fingerprint density at radius 2 is 2.10 bits per heavy atom. The zero-order valence-electron chi connectivity index (χ0n) is 11.5. The average molecular weight is 338 g/mol. The molecule has 1 N–H and O–H groups in total. The van der Waals surface area contributed by atoms with Gasteiger partial charge in [-0.05, 0) is 61.7 Å². The van der Waals surface area contributed by atoms with E-state index in [1.54, 1.807) is 0 Å². The first-order valence-electron chi connectivity index (χ1n) is 7.19. The maximum absolute atomic E-state index is 9.18. The molecule has 3 rings (SSSR count). The number of piperidine rings is 1. The predicted octanol–water partition coefficient (Wildman–Crippen LogP) is 2.93. The zero-order valence-corrected chi connectivity index (χ0v) is 13.1. The Bertz CT molecular complexity index is 507. The second kappa shape index (κ2) is 6.29. The predicted molar refractivity (Wildman–Crippen MR) is 83.9 cm³/mol. The molecule has 0 aliphatic carbocycles. The van der Waals surface area contributed by atoms with Crippen molar-refractivity contribution in [2.45, 2.75) is 12.8 Å². The number of fused-ring (bicyclic) bond motifs is 1. The van der Waals surface area contributed by atoms with Crippen LogP contribution in [0.2, 0.25) is 0 Å². The second-order valence-electron chi connectivity index (χ2n) is 5.68. The number of ether oxygens (including phenoxy) is 1. The van der Waals surface area contributed by atoms with Crippen LogP contribution in [0.5, 0.6) is 5.75 Å². The summed E-state index contributed by atoms with van der Waals surface area (Å²) in [5.41, 5.74) is 2.49. The number of hydrogen-bond acceptors (Lipinski definition) is 3. The zero-order chi connectivity index (χ0) is 13.9. The largest absolute Gasteiger partial charge is 0.489 e. The minimum atomic E-state index is 0.334. The Labute approximate surface area is 128 Å². The maximum Gasteiger partial charge on any atom is 0.127 e. The minimum absolute atomic E-state index is 0.334. The van der Waals surface area contributed by atoms with Crippen LogP contribution in [0, 0.1) is 5.92 Å². The fraction of sp³-hybridized carbons (Fsp3) is 0.500. The van der Waals surface area contributed by atoms with Crippen molar-refractivity contribution in [3.63, 3.8) is 0 Å². The fourth-order valence-corrected chi connectivity index (χ4v) is 3.28. The highest BCUT2D eigenvalue weighted by Gasteiger charge is 2.20. The first-order valence-corrected chi connectivity index (χ1v) is 7.99. The molecule has 0 radical (unpaired) electrons. The lowest BCUT2D eigenvalue weighted by atomic mass is 9.97. The highest BCUT2D eigenvalue weighted by atomic mass is 79.9. The van der Waals surface area contributed by atoms with E-state index < -0.39 is 0 Å². The number of halogens is 1. The third-order valence-electron chi connectivity index (χ3n) is 4.14. The molecule has 0 saturated carbocycles. The summed E-state index contributed by atoms with van der Waals surface area (Å²) in [4.78, 5) is 2.46. The van der Waals surface area contributed by atoms with E-state index in [9.17, 15) is 5.11 Å². The maximum atomic E-state index is 9.18. The van der Waals surface area contributed by atoms with Gasteiger partial charge >= 0.3 is 0 Å². The van der Waals surface area contributed by atoms with E-state index in [0.29, 0.717) is 19.1 Å². The minimum Gasteiger partial charge on any atom is -0.489 e. The fourth-order valence-electron chi connectivity index (χ4n) is 2.90. The van der Waals surface area contributed by atoms with Gasteiger partial charge in [-0.3, -0.25) is 4.90 Å². The Morgan fingerprint density at radius 1 is 1.30 bits per heavy atom. The third-order valence-corrected chi connectivity index (χ3v) is 4.63. The van der Waals surface area contributed by atoms with Gasteiger partial charge in [-0.15, -0.1) is 0 Å². The average Bonchev–Trinajstić information content (AvgIpc) is 2.47. The summed E-state index contributed by atoms with van der Waals surface area (Å²) >= 11 is 3.50. The van der Waals surface area contributed by atoms with Crippen molar-refractivity contribution in [3.8, 4) is 5.75 Å². The molecular formula is C16H20BrNO2. The van der Waals surface area contributed by atoms with Gasteiger partial charge in [-0.1, -0.05) is 15.9 Å².